The average molecular weight is 371 g/mol. The Balaban J connectivity index is 0.00000312. The largest absolute Gasteiger partial charge is 0.493 e. The highest BCUT2D eigenvalue weighted by molar-refractivity contribution is 5.85. The second-order valence-electron chi connectivity index (χ2n) is 7.00. The van der Waals surface area contributed by atoms with Gasteiger partial charge in [-0.25, -0.2) is 0 Å². The van der Waals surface area contributed by atoms with Crippen LogP contribution in [0.3, 0.4) is 0 Å². The first kappa shape index (κ1) is 21.6. The zero-order valence-corrected chi connectivity index (χ0v) is 16.2. The summed E-state index contributed by atoms with van der Waals surface area (Å²) in [5, 5.41) is 3.00. The van der Waals surface area contributed by atoms with Crippen LogP contribution < -0.4 is 20.5 Å². The van der Waals surface area contributed by atoms with Crippen molar-refractivity contribution in [2.24, 2.45) is 17.6 Å². The van der Waals surface area contributed by atoms with E-state index in [1.807, 2.05) is 18.2 Å². The summed E-state index contributed by atoms with van der Waals surface area (Å²) in [6.45, 7) is 5.51. The molecule has 0 radical (unpaired) electrons. The third-order valence-electron chi connectivity index (χ3n) is 4.49. The van der Waals surface area contributed by atoms with Gasteiger partial charge in [-0.3, -0.25) is 4.79 Å². The van der Waals surface area contributed by atoms with Crippen molar-refractivity contribution in [3.05, 3.63) is 23.8 Å². The van der Waals surface area contributed by atoms with E-state index in [0.717, 1.165) is 37.0 Å². The van der Waals surface area contributed by atoms with E-state index in [1.54, 1.807) is 7.11 Å². The lowest BCUT2D eigenvalue weighted by Crippen LogP contribution is -2.30. The number of hydrogen-bond acceptors (Lipinski definition) is 4. The second kappa shape index (κ2) is 10.5. The van der Waals surface area contributed by atoms with Crippen molar-refractivity contribution in [2.45, 2.75) is 52.1 Å². The maximum Gasteiger partial charge on any atom is 0.223 e. The van der Waals surface area contributed by atoms with Crippen molar-refractivity contribution >= 4 is 18.3 Å². The lowest BCUT2D eigenvalue weighted by atomic mass is 10.1. The van der Waals surface area contributed by atoms with Crippen LogP contribution in [-0.2, 0) is 11.3 Å². The molecule has 2 atom stereocenters. The molecule has 0 bridgehead atoms. The van der Waals surface area contributed by atoms with Gasteiger partial charge in [0.25, 0.3) is 0 Å². The minimum Gasteiger partial charge on any atom is -0.493 e. The molecule has 0 spiro atoms. The Morgan fingerprint density at radius 3 is 2.68 bits per heavy atom. The van der Waals surface area contributed by atoms with Crippen LogP contribution in [0.15, 0.2) is 18.2 Å². The van der Waals surface area contributed by atoms with Gasteiger partial charge < -0.3 is 20.5 Å². The quantitative estimate of drug-likeness (QED) is 0.736. The van der Waals surface area contributed by atoms with Crippen molar-refractivity contribution in [3.8, 4) is 11.5 Å². The highest BCUT2D eigenvalue weighted by Gasteiger charge is 2.27. The fourth-order valence-electron chi connectivity index (χ4n) is 2.93. The topological polar surface area (TPSA) is 73.6 Å². The molecule has 5 nitrogen and oxygen atoms in total. The van der Waals surface area contributed by atoms with Crippen LogP contribution in [0.5, 0.6) is 11.5 Å². The molecule has 142 valence electrons. The highest BCUT2D eigenvalue weighted by Crippen LogP contribution is 2.29. The molecule has 1 aliphatic carbocycles. The van der Waals surface area contributed by atoms with Gasteiger partial charge in [0, 0.05) is 18.5 Å². The minimum absolute atomic E-state index is 0. The summed E-state index contributed by atoms with van der Waals surface area (Å²) in [4.78, 5) is 12.2. The molecular formula is C19H31ClN2O3. The number of amides is 1. The van der Waals surface area contributed by atoms with E-state index in [-0.39, 0.29) is 30.3 Å². The predicted octanol–water partition coefficient (Wildman–Crippen LogP) is 3.29. The lowest BCUT2D eigenvalue weighted by Gasteiger charge is -2.14. The zero-order valence-electron chi connectivity index (χ0n) is 15.4. The number of benzene rings is 1. The fourth-order valence-corrected chi connectivity index (χ4v) is 2.93. The Bertz CT molecular complexity index is 551. The van der Waals surface area contributed by atoms with E-state index < -0.39 is 0 Å². The van der Waals surface area contributed by atoms with E-state index in [9.17, 15) is 4.79 Å². The van der Waals surface area contributed by atoms with Gasteiger partial charge in [0.15, 0.2) is 11.5 Å². The van der Waals surface area contributed by atoms with Crippen molar-refractivity contribution in [2.75, 3.05) is 13.7 Å². The smallest absolute Gasteiger partial charge is 0.223 e. The summed E-state index contributed by atoms with van der Waals surface area (Å²) < 4.78 is 11.2. The molecule has 0 heterocycles. The first-order valence-electron chi connectivity index (χ1n) is 8.82. The molecule has 1 aromatic rings. The predicted molar refractivity (Wildman–Crippen MR) is 102 cm³/mol. The van der Waals surface area contributed by atoms with Crippen LogP contribution in [0.4, 0.5) is 0 Å². The SMILES string of the molecule is COc1cc(CNC(=O)C2CCC(N)C2)ccc1OCCC(C)C.Cl. The Morgan fingerprint density at radius 1 is 1.32 bits per heavy atom. The molecule has 25 heavy (non-hydrogen) atoms. The standard InChI is InChI=1S/C19H30N2O3.ClH/c1-13(2)8-9-24-17-7-4-14(10-18(17)23-3)12-21-19(22)15-5-6-16(20)11-15;/h4,7,10,13,15-16H,5-6,8-9,11-12,20H2,1-3H3,(H,21,22);1H. The molecule has 0 saturated heterocycles. The summed E-state index contributed by atoms with van der Waals surface area (Å²) in [6, 6.07) is 5.97. The monoisotopic (exact) mass is 370 g/mol. The van der Waals surface area contributed by atoms with Crippen molar-refractivity contribution in [3.63, 3.8) is 0 Å². The summed E-state index contributed by atoms with van der Waals surface area (Å²) in [5.41, 5.74) is 6.87. The maximum absolute atomic E-state index is 12.2. The number of carbonyl (C=O) groups is 1. The highest BCUT2D eigenvalue weighted by atomic mass is 35.5. The van der Waals surface area contributed by atoms with Crippen LogP contribution >= 0.6 is 12.4 Å². The van der Waals surface area contributed by atoms with Crippen LogP contribution in [0.2, 0.25) is 0 Å². The Morgan fingerprint density at radius 2 is 2.08 bits per heavy atom. The number of hydrogen-bond donors (Lipinski definition) is 2. The molecule has 0 aliphatic heterocycles. The number of ether oxygens (including phenoxy) is 2. The molecule has 3 N–H and O–H groups in total. The maximum atomic E-state index is 12.2. The van der Waals surface area contributed by atoms with E-state index >= 15 is 0 Å². The van der Waals surface area contributed by atoms with Gasteiger partial charge in [0.2, 0.25) is 5.91 Å². The number of nitrogens with two attached hydrogens (primary N) is 1. The number of methoxy groups -OCH3 is 1. The molecular weight excluding hydrogens is 340 g/mol. The minimum atomic E-state index is 0. The van der Waals surface area contributed by atoms with Crippen LogP contribution in [0, 0.1) is 11.8 Å². The summed E-state index contributed by atoms with van der Waals surface area (Å²) >= 11 is 0. The molecule has 2 rings (SSSR count). The van der Waals surface area contributed by atoms with Gasteiger partial charge >= 0.3 is 0 Å². The van der Waals surface area contributed by atoms with Gasteiger partial charge in [0.1, 0.15) is 0 Å². The lowest BCUT2D eigenvalue weighted by molar-refractivity contribution is -0.125. The van der Waals surface area contributed by atoms with Crippen molar-refractivity contribution in [1.29, 1.82) is 0 Å². The Kier molecular flexibility index (Phi) is 9.08. The molecule has 6 heteroatoms. The number of carbonyl (C=O) groups excluding carboxylic acids is 1. The van der Waals surface area contributed by atoms with Gasteiger partial charge in [-0.2, -0.15) is 0 Å². The molecule has 1 aromatic carbocycles. The Hall–Kier alpha value is -1.46. The number of nitrogens with one attached hydrogen (secondary N) is 1. The fraction of sp³-hybridized carbons (Fsp3) is 0.632. The third kappa shape index (κ3) is 6.75. The van der Waals surface area contributed by atoms with E-state index in [0.29, 0.717) is 24.8 Å². The third-order valence-corrected chi connectivity index (χ3v) is 4.49. The van der Waals surface area contributed by atoms with Gasteiger partial charge in [-0.1, -0.05) is 19.9 Å². The first-order chi connectivity index (χ1) is 11.5. The Labute approximate surface area is 157 Å². The van der Waals surface area contributed by atoms with Crippen LogP contribution in [-0.4, -0.2) is 25.7 Å². The van der Waals surface area contributed by atoms with Crippen LogP contribution in [0.25, 0.3) is 0 Å². The molecule has 1 saturated carbocycles. The molecule has 1 amide bonds. The summed E-state index contributed by atoms with van der Waals surface area (Å²) in [7, 11) is 1.63. The molecule has 2 unspecified atom stereocenters. The second-order valence-corrected chi connectivity index (χ2v) is 7.00. The van der Waals surface area contributed by atoms with E-state index in [4.69, 9.17) is 15.2 Å². The average Bonchev–Trinajstić information content (AvgIpc) is 2.99. The summed E-state index contributed by atoms with van der Waals surface area (Å²) in [5.74, 6) is 2.21. The van der Waals surface area contributed by atoms with Crippen molar-refractivity contribution < 1.29 is 14.3 Å². The summed E-state index contributed by atoms with van der Waals surface area (Å²) in [6.07, 6.45) is 3.62. The normalized spacial score (nSPS) is 19.4. The number of halogens is 1. The molecule has 0 aromatic heterocycles. The number of rotatable bonds is 8. The van der Waals surface area contributed by atoms with Gasteiger partial charge in [-0.05, 0) is 49.3 Å². The van der Waals surface area contributed by atoms with E-state index in [2.05, 4.69) is 19.2 Å². The first-order valence-corrected chi connectivity index (χ1v) is 8.82. The van der Waals surface area contributed by atoms with Crippen molar-refractivity contribution in [1.82, 2.24) is 5.32 Å². The van der Waals surface area contributed by atoms with Gasteiger partial charge in [-0.15, -0.1) is 12.4 Å². The van der Waals surface area contributed by atoms with E-state index in [1.165, 1.54) is 0 Å². The zero-order chi connectivity index (χ0) is 17.5. The molecule has 1 aliphatic rings. The van der Waals surface area contributed by atoms with Crippen LogP contribution in [0.1, 0.15) is 45.1 Å². The van der Waals surface area contributed by atoms with Gasteiger partial charge in [0.05, 0.1) is 13.7 Å². The molecule has 1 fully saturated rings.